The molecule has 0 bridgehead atoms. The number of hydrogen-bond acceptors (Lipinski definition) is 5. The van der Waals surface area contributed by atoms with Crippen molar-refractivity contribution in [3.05, 3.63) is 71.8 Å². The molecule has 0 amide bonds. The van der Waals surface area contributed by atoms with Gasteiger partial charge in [0.1, 0.15) is 18.3 Å². The van der Waals surface area contributed by atoms with Gasteiger partial charge in [-0.2, -0.15) is 0 Å². The van der Waals surface area contributed by atoms with Crippen molar-refractivity contribution in [2.75, 3.05) is 13.2 Å². The molecule has 1 saturated heterocycles. The Bertz CT molecular complexity index is 723. The lowest BCUT2D eigenvalue weighted by Gasteiger charge is -2.21. The van der Waals surface area contributed by atoms with E-state index in [1.54, 1.807) is 0 Å². The molecule has 0 aliphatic carbocycles. The van der Waals surface area contributed by atoms with E-state index in [0.29, 0.717) is 26.4 Å². The second-order valence-corrected chi connectivity index (χ2v) is 8.43. The SMILES string of the molecule is CCCCCCCCO[C@H]1O[C@H](COCc2ccccc2)[C@@H](OCc2ccccc2)[C@@H]1O. The average Bonchev–Trinajstić information content (AvgIpc) is 3.12. The zero-order valence-corrected chi connectivity index (χ0v) is 19.2. The van der Waals surface area contributed by atoms with E-state index in [2.05, 4.69) is 6.92 Å². The van der Waals surface area contributed by atoms with Gasteiger partial charge in [-0.3, -0.25) is 0 Å². The quantitative estimate of drug-likeness (QED) is 0.382. The maximum atomic E-state index is 10.9. The predicted octanol–water partition coefficient (Wildman–Crippen LogP) is 5.25. The zero-order valence-electron chi connectivity index (χ0n) is 19.2. The summed E-state index contributed by atoms with van der Waals surface area (Å²) in [5.41, 5.74) is 2.16. The third-order valence-corrected chi connectivity index (χ3v) is 5.75. The van der Waals surface area contributed by atoms with Crippen LogP contribution < -0.4 is 0 Å². The first-order valence-corrected chi connectivity index (χ1v) is 12.0. The lowest BCUT2D eigenvalue weighted by molar-refractivity contribution is -0.172. The van der Waals surface area contributed by atoms with Crippen LogP contribution in [0.4, 0.5) is 0 Å². The van der Waals surface area contributed by atoms with E-state index < -0.39 is 18.5 Å². The maximum absolute atomic E-state index is 10.9. The highest BCUT2D eigenvalue weighted by Gasteiger charge is 2.45. The summed E-state index contributed by atoms with van der Waals surface area (Å²) in [5, 5.41) is 10.9. The fraction of sp³-hybridized carbons (Fsp3) is 0.556. The molecule has 0 unspecified atom stereocenters. The van der Waals surface area contributed by atoms with Crippen LogP contribution in [-0.4, -0.2) is 42.9 Å². The van der Waals surface area contributed by atoms with E-state index >= 15 is 0 Å². The maximum Gasteiger partial charge on any atom is 0.186 e. The standard InChI is InChI=1S/C27H38O5/c1-2-3-4-5-6-13-18-30-27-25(28)26(31-20-23-16-11-8-12-17-23)24(32-27)21-29-19-22-14-9-7-10-15-22/h7-12,14-17,24-28H,2-6,13,18-21H2,1H3/t24-,25+,26-,27+/m1/s1. The molecule has 1 aliphatic heterocycles. The summed E-state index contributed by atoms with van der Waals surface area (Å²) < 4.78 is 23.9. The fourth-order valence-electron chi connectivity index (χ4n) is 3.90. The van der Waals surface area contributed by atoms with Crippen LogP contribution >= 0.6 is 0 Å². The van der Waals surface area contributed by atoms with E-state index in [1.165, 1.54) is 25.7 Å². The zero-order chi connectivity index (χ0) is 22.4. The summed E-state index contributed by atoms with van der Waals surface area (Å²) in [4.78, 5) is 0. The first-order chi connectivity index (χ1) is 15.8. The number of unbranched alkanes of at least 4 members (excludes halogenated alkanes) is 5. The van der Waals surface area contributed by atoms with E-state index in [1.807, 2.05) is 60.7 Å². The Balaban J connectivity index is 1.48. The Morgan fingerprint density at radius 1 is 0.781 bits per heavy atom. The largest absolute Gasteiger partial charge is 0.385 e. The molecule has 32 heavy (non-hydrogen) atoms. The summed E-state index contributed by atoms with van der Waals surface area (Å²) in [6, 6.07) is 20.0. The highest BCUT2D eigenvalue weighted by Crippen LogP contribution is 2.27. The summed E-state index contributed by atoms with van der Waals surface area (Å²) in [6.45, 7) is 4.04. The van der Waals surface area contributed by atoms with Gasteiger partial charge in [-0.25, -0.2) is 0 Å². The number of benzene rings is 2. The molecule has 5 nitrogen and oxygen atoms in total. The molecule has 0 aromatic heterocycles. The Morgan fingerprint density at radius 2 is 1.41 bits per heavy atom. The van der Waals surface area contributed by atoms with Crippen molar-refractivity contribution in [1.82, 2.24) is 0 Å². The van der Waals surface area contributed by atoms with Crippen molar-refractivity contribution < 1.29 is 24.1 Å². The van der Waals surface area contributed by atoms with Crippen molar-refractivity contribution in [1.29, 1.82) is 0 Å². The van der Waals surface area contributed by atoms with Crippen LogP contribution in [0.15, 0.2) is 60.7 Å². The Kier molecular flexibility index (Phi) is 11.2. The monoisotopic (exact) mass is 442 g/mol. The van der Waals surface area contributed by atoms with Crippen LogP contribution in [0.1, 0.15) is 56.6 Å². The normalized spacial score (nSPS) is 22.9. The van der Waals surface area contributed by atoms with Crippen LogP contribution in [0.2, 0.25) is 0 Å². The molecule has 0 radical (unpaired) electrons. The van der Waals surface area contributed by atoms with Crippen molar-refractivity contribution >= 4 is 0 Å². The number of aliphatic hydroxyl groups excluding tert-OH is 1. The predicted molar refractivity (Wildman–Crippen MR) is 125 cm³/mol. The van der Waals surface area contributed by atoms with E-state index in [0.717, 1.165) is 24.0 Å². The second-order valence-electron chi connectivity index (χ2n) is 8.43. The van der Waals surface area contributed by atoms with E-state index in [-0.39, 0.29) is 6.10 Å². The number of aliphatic hydroxyl groups is 1. The van der Waals surface area contributed by atoms with Gasteiger partial charge in [0, 0.05) is 6.61 Å². The first kappa shape index (κ1) is 24.9. The minimum Gasteiger partial charge on any atom is -0.385 e. The summed E-state index contributed by atoms with van der Waals surface area (Å²) in [6.07, 6.45) is 4.74. The lowest BCUT2D eigenvalue weighted by atomic mass is 10.1. The van der Waals surface area contributed by atoms with Crippen LogP contribution in [0.3, 0.4) is 0 Å². The summed E-state index contributed by atoms with van der Waals surface area (Å²) in [7, 11) is 0. The smallest absolute Gasteiger partial charge is 0.186 e. The molecule has 2 aromatic carbocycles. The first-order valence-electron chi connectivity index (χ1n) is 12.0. The average molecular weight is 443 g/mol. The summed E-state index contributed by atoms with van der Waals surface area (Å²) >= 11 is 0. The third kappa shape index (κ3) is 8.30. The Labute approximate surface area is 192 Å². The molecule has 4 atom stereocenters. The lowest BCUT2D eigenvalue weighted by Crippen LogP contribution is -2.37. The molecule has 3 rings (SSSR count). The molecule has 1 N–H and O–H groups in total. The van der Waals surface area contributed by atoms with Gasteiger partial charge in [0.2, 0.25) is 0 Å². The molecule has 5 heteroatoms. The van der Waals surface area contributed by atoms with Gasteiger partial charge in [0.25, 0.3) is 0 Å². The van der Waals surface area contributed by atoms with Gasteiger partial charge < -0.3 is 24.1 Å². The molecule has 176 valence electrons. The molecule has 0 spiro atoms. The number of hydrogen-bond donors (Lipinski definition) is 1. The third-order valence-electron chi connectivity index (χ3n) is 5.75. The number of ether oxygens (including phenoxy) is 4. The molecule has 2 aromatic rings. The highest BCUT2D eigenvalue weighted by atomic mass is 16.7. The summed E-state index contributed by atoms with van der Waals surface area (Å²) in [5.74, 6) is 0. The second kappa shape index (κ2) is 14.4. The fourth-order valence-corrected chi connectivity index (χ4v) is 3.90. The topological polar surface area (TPSA) is 57.2 Å². The van der Waals surface area contributed by atoms with Crippen molar-refractivity contribution in [2.45, 2.75) is 83.3 Å². The minimum absolute atomic E-state index is 0.336. The van der Waals surface area contributed by atoms with Crippen molar-refractivity contribution in [3.63, 3.8) is 0 Å². The van der Waals surface area contributed by atoms with Crippen LogP contribution in [-0.2, 0) is 32.2 Å². The molecular formula is C27H38O5. The number of rotatable bonds is 15. The molecular weight excluding hydrogens is 404 g/mol. The van der Waals surface area contributed by atoms with Gasteiger partial charge in [-0.1, -0.05) is 99.7 Å². The molecule has 1 heterocycles. The Morgan fingerprint density at radius 3 is 2.09 bits per heavy atom. The van der Waals surface area contributed by atoms with Crippen LogP contribution in [0, 0.1) is 0 Å². The molecule has 1 fully saturated rings. The van der Waals surface area contributed by atoms with Gasteiger partial charge in [0.15, 0.2) is 6.29 Å². The Hall–Kier alpha value is -1.76. The van der Waals surface area contributed by atoms with Crippen LogP contribution in [0.25, 0.3) is 0 Å². The van der Waals surface area contributed by atoms with Gasteiger partial charge >= 0.3 is 0 Å². The highest BCUT2D eigenvalue weighted by molar-refractivity contribution is 5.14. The molecule has 1 aliphatic rings. The van der Waals surface area contributed by atoms with Crippen molar-refractivity contribution in [3.8, 4) is 0 Å². The van der Waals surface area contributed by atoms with Gasteiger partial charge in [-0.15, -0.1) is 0 Å². The van der Waals surface area contributed by atoms with Crippen molar-refractivity contribution in [2.24, 2.45) is 0 Å². The molecule has 0 saturated carbocycles. The van der Waals surface area contributed by atoms with Gasteiger partial charge in [0.05, 0.1) is 19.8 Å². The van der Waals surface area contributed by atoms with E-state index in [4.69, 9.17) is 18.9 Å². The van der Waals surface area contributed by atoms with E-state index in [9.17, 15) is 5.11 Å². The minimum atomic E-state index is -0.843. The van der Waals surface area contributed by atoms with Crippen LogP contribution in [0.5, 0.6) is 0 Å². The van der Waals surface area contributed by atoms with Gasteiger partial charge in [-0.05, 0) is 17.5 Å².